The van der Waals surface area contributed by atoms with E-state index in [2.05, 4.69) is 39.8 Å². The van der Waals surface area contributed by atoms with Gasteiger partial charge < -0.3 is 15.4 Å². The Morgan fingerprint density at radius 3 is 2.65 bits per heavy atom. The van der Waals surface area contributed by atoms with Gasteiger partial charge in [0.2, 0.25) is 0 Å². The second-order valence-corrected chi connectivity index (χ2v) is 5.81. The second-order valence-electron chi connectivity index (χ2n) is 5.81. The third kappa shape index (κ3) is 8.66. The van der Waals surface area contributed by atoms with Crippen LogP contribution in [-0.4, -0.2) is 35.4 Å². The lowest BCUT2D eigenvalue weighted by atomic mass is 10.2. The minimum absolute atomic E-state index is 0. The molecule has 1 heterocycles. The fourth-order valence-electron chi connectivity index (χ4n) is 2.36. The van der Waals surface area contributed by atoms with E-state index in [-0.39, 0.29) is 24.0 Å². The van der Waals surface area contributed by atoms with E-state index in [1.807, 2.05) is 36.0 Å². The van der Waals surface area contributed by atoms with Gasteiger partial charge in [0, 0.05) is 32.9 Å². The summed E-state index contributed by atoms with van der Waals surface area (Å²) in [5.41, 5.74) is 2.31. The summed E-state index contributed by atoms with van der Waals surface area (Å²) < 4.78 is 7.54. The Morgan fingerprint density at radius 1 is 1.15 bits per heavy atom. The molecule has 7 heteroatoms. The van der Waals surface area contributed by atoms with Gasteiger partial charge in [-0.15, -0.1) is 24.0 Å². The first-order valence-corrected chi connectivity index (χ1v) is 8.90. The van der Waals surface area contributed by atoms with Crippen molar-refractivity contribution in [1.82, 2.24) is 20.4 Å². The molecule has 0 radical (unpaired) electrons. The van der Waals surface area contributed by atoms with E-state index >= 15 is 0 Å². The highest BCUT2D eigenvalue weighted by molar-refractivity contribution is 14.0. The Bertz CT molecular complexity index is 630. The highest BCUT2D eigenvalue weighted by Crippen LogP contribution is 2.01. The summed E-state index contributed by atoms with van der Waals surface area (Å²) in [6.45, 7) is 5.87. The summed E-state index contributed by atoms with van der Waals surface area (Å²) in [5, 5.41) is 10.8. The first-order chi connectivity index (χ1) is 12.3. The van der Waals surface area contributed by atoms with Gasteiger partial charge in [-0.05, 0) is 31.4 Å². The number of aryl methyl sites for hydroxylation is 1. The van der Waals surface area contributed by atoms with E-state index in [9.17, 15) is 0 Å². The average Bonchev–Trinajstić information content (AvgIpc) is 3.04. The minimum atomic E-state index is 0. The van der Waals surface area contributed by atoms with Gasteiger partial charge in [-0.2, -0.15) is 5.10 Å². The van der Waals surface area contributed by atoms with E-state index in [1.54, 1.807) is 6.20 Å². The number of halogens is 1. The number of nitrogens with one attached hydrogen (secondary N) is 2. The first-order valence-electron chi connectivity index (χ1n) is 8.90. The van der Waals surface area contributed by atoms with Crippen molar-refractivity contribution < 1.29 is 4.74 Å². The largest absolute Gasteiger partial charge is 0.377 e. The molecule has 0 aliphatic heterocycles. The highest BCUT2D eigenvalue weighted by atomic mass is 127. The zero-order valence-electron chi connectivity index (χ0n) is 15.6. The zero-order valence-corrected chi connectivity index (χ0v) is 18.0. The van der Waals surface area contributed by atoms with Crippen LogP contribution in [0.1, 0.15) is 31.0 Å². The van der Waals surface area contributed by atoms with E-state index in [4.69, 9.17) is 4.74 Å². The van der Waals surface area contributed by atoms with Crippen LogP contribution in [0, 0.1) is 0 Å². The normalized spacial score (nSPS) is 11.1. The van der Waals surface area contributed by atoms with Gasteiger partial charge in [0.15, 0.2) is 5.96 Å². The Labute approximate surface area is 173 Å². The standard InChI is InChI=1S/C19H29N5O.HI/c1-3-20-19(22-15-18-11-13-23-24(18)2)21-12-7-8-14-25-16-17-9-5-4-6-10-17;/h4-6,9-11,13H,3,7-8,12,14-16H2,1-2H3,(H2,20,21,22);1H. The van der Waals surface area contributed by atoms with Crippen molar-refractivity contribution in [3.63, 3.8) is 0 Å². The molecule has 1 aromatic heterocycles. The van der Waals surface area contributed by atoms with Crippen molar-refractivity contribution in [3.8, 4) is 0 Å². The Kier molecular flexibility index (Phi) is 11.7. The monoisotopic (exact) mass is 471 g/mol. The summed E-state index contributed by atoms with van der Waals surface area (Å²) in [4.78, 5) is 4.59. The van der Waals surface area contributed by atoms with Crippen molar-refractivity contribution in [2.24, 2.45) is 12.0 Å². The maximum absolute atomic E-state index is 5.70. The number of rotatable bonds is 10. The number of benzene rings is 1. The molecule has 144 valence electrons. The third-order valence-electron chi connectivity index (χ3n) is 3.79. The Balaban J connectivity index is 0.00000338. The molecule has 0 aliphatic carbocycles. The molecule has 26 heavy (non-hydrogen) atoms. The van der Waals surface area contributed by atoms with Gasteiger partial charge in [-0.1, -0.05) is 30.3 Å². The van der Waals surface area contributed by atoms with E-state index in [0.29, 0.717) is 13.2 Å². The molecule has 0 unspecified atom stereocenters. The fraction of sp³-hybridized carbons (Fsp3) is 0.474. The molecule has 0 aliphatic rings. The summed E-state index contributed by atoms with van der Waals surface area (Å²) in [7, 11) is 1.93. The van der Waals surface area contributed by atoms with Gasteiger partial charge in [0.1, 0.15) is 0 Å². The van der Waals surface area contributed by atoms with Crippen molar-refractivity contribution >= 4 is 29.9 Å². The summed E-state index contributed by atoms with van der Waals surface area (Å²) in [6.07, 6.45) is 3.87. The molecule has 0 amide bonds. The zero-order chi connectivity index (χ0) is 17.7. The number of ether oxygens (including phenoxy) is 1. The number of hydrogen-bond acceptors (Lipinski definition) is 3. The number of unbranched alkanes of at least 4 members (excludes halogenated alkanes) is 1. The number of hydrogen-bond donors (Lipinski definition) is 2. The predicted molar refractivity (Wildman–Crippen MR) is 117 cm³/mol. The van der Waals surface area contributed by atoms with Crippen molar-refractivity contribution in [1.29, 1.82) is 0 Å². The van der Waals surface area contributed by atoms with Crippen LogP contribution in [-0.2, 0) is 24.9 Å². The summed E-state index contributed by atoms with van der Waals surface area (Å²) >= 11 is 0. The molecule has 0 saturated heterocycles. The van der Waals surface area contributed by atoms with Crippen LogP contribution in [0.25, 0.3) is 0 Å². The van der Waals surface area contributed by atoms with Gasteiger partial charge in [0.05, 0.1) is 18.8 Å². The van der Waals surface area contributed by atoms with E-state index < -0.39 is 0 Å². The van der Waals surface area contributed by atoms with Crippen LogP contribution in [0.4, 0.5) is 0 Å². The smallest absolute Gasteiger partial charge is 0.191 e. The van der Waals surface area contributed by atoms with E-state index in [1.165, 1.54) is 5.56 Å². The molecule has 2 aromatic rings. The van der Waals surface area contributed by atoms with Crippen LogP contribution in [0.5, 0.6) is 0 Å². The summed E-state index contributed by atoms with van der Waals surface area (Å²) in [6, 6.07) is 12.3. The molecule has 0 spiro atoms. The average molecular weight is 471 g/mol. The predicted octanol–water partition coefficient (Wildman–Crippen LogP) is 3.09. The number of aliphatic imine (C=N–C) groups is 1. The lowest BCUT2D eigenvalue weighted by Gasteiger charge is -2.11. The van der Waals surface area contributed by atoms with Crippen LogP contribution in [0.15, 0.2) is 47.6 Å². The van der Waals surface area contributed by atoms with Crippen molar-refractivity contribution in [2.45, 2.75) is 32.9 Å². The van der Waals surface area contributed by atoms with Crippen molar-refractivity contribution in [2.75, 3.05) is 19.7 Å². The topological polar surface area (TPSA) is 63.5 Å². The SMILES string of the molecule is CCNC(=NCc1ccnn1C)NCCCCOCc1ccccc1.I. The Morgan fingerprint density at radius 2 is 1.96 bits per heavy atom. The fourth-order valence-corrected chi connectivity index (χ4v) is 2.36. The first kappa shape index (κ1) is 22.4. The van der Waals surface area contributed by atoms with E-state index in [0.717, 1.165) is 44.2 Å². The molecule has 0 fully saturated rings. The van der Waals surface area contributed by atoms with Crippen LogP contribution < -0.4 is 10.6 Å². The van der Waals surface area contributed by atoms with Crippen LogP contribution in [0.2, 0.25) is 0 Å². The molecule has 2 N–H and O–H groups in total. The number of aromatic nitrogens is 2. The second kappa shape index (κ2) is 13.6. The maximum Gasteiger partial charge on any atom is 0.191 e. The summed E-state index contributed by atoms with van der Waals surface area (Å²) in [5.74, 6) is 0.842. The lowest BCUT2D eigenvalue weighted by molar-refractivity contribution is 0.117. The minimum Gasteiger partial charge on any atom is -0.377 e. The van der Waals surface area contributed by atoms with Gasteiger partial charge in [0.25, 0.3) is 0 Å². The molecule has 6 nitrogen and oxygen atoms in total. The molecule has 0 saturated carbocycles. The van der Waals surface area contributed by atoms with Gasteiger partial charge in [-0.3, -0.25) is 4.68 Å². The van der Waals surface area contributed by atoms with Gasteiger partial charge in [-0.25, -0.2) is 4.99 Å². The lowest BCUT2D eigenvalue weighted by Crippen LogP contribution is -2.37. The third-order valence-corrected chi connectivity index (χ3v) is 3.79. The molecule has 1 aromatic carbocycles. The number of guanidine groups is 1. The highest BCUT2D eigenvalue weighted by Gasteiger charge is 2.00. The quantitative estimate of drug-likeness (QED) is 0.242. The number of nitrogens with zero attached hydrogens (tertiary/aromatic N) is 3. The molecule has 0 bridgehead atoms. The van der Waals surface area contributed by atoms with Crippen LogP contribution >= 0.6 is 24.0 Å². The maximum atomic E-state index is 5.70. The van der Waals surface area contributed by atoms with Gasteiger partial charge >= 0.3 is 0 Å². The molecular formula is C19H30IN5O. The Hall–Kier alpha value is -1.61. The molecule has 0 atom stereocenters. The van der Waals surface area contributed by atoms with Crippen molar-refractivity contribution in [3.05, 3.63) is 53.9 Å². The molecular weight excluding hydrogens is 441 g/mol. The van der Waals surface area contributed by atoms with Crippen LogP contribution in [0.3, 0.4) is 0 Å². The molecule has 2 rings (SSSR count).